The summed E-state index contributed by atoms with van der Waals surface area (Å²) in [6.07, 6.45) is 4.25. The average molecular weight is 286 g/mol. The molecule has 0 aliphatic carbocycles. The van der Waals surface area contributed by atoms with E-state index in [-0.39, 0.29) is 24.1 Å². The molecule has 3 heteroatoms. The van der Waals surface area contributed by atoms with Gasteiger partial charge in [0.2, 0.25) is 0 Å². The first kappa shape index (κ1) is 16.3. The number of hydrogen-bond donors (Lipinski definition) is 0. The maximum absolute atomic E-state index is 6.24. The normalized spacial score (nSPS) is 22.0. The van der Waals surface area contributed by atoms with Gasteiger partial charge in [0.05, 0.1) is 11.2 Å². The number of hydrogen-bond acceptors (Lipinski definition) is 2. The predicted octanol–water partition coefficient (Wildman–Crippen LogP) is 4.59. The molecule has 1 aromatic rings. The van der Waals surface area contributed by atoms with E-state index in [1.54, 1.807) is 0 Å². The van der Waals surface area contributed by atoms with Crippen molar-refractivity contribution in [1.29, 1.82) is 0 Å². The Balaban J connectivity index is 2.37. The molecule has 114 valence electrons. The van der Waals surface area contributed by atoms with E-state index in [0.717, 1.165) is 0 Å². The fourth-order valence-electron chi connectivity index (χ4n) is 2.80. The van der Waals surface area contributed by atoms with Crippen LogP contribution >= 0.6 is 0 Å². The van der Waals surface area contributed by atoms with Gasteiger partial charge in [0, 0.05) is 5.82 Å². The molecule has 0 amide bonds. The summed E-state index contributed by atoms with van der Waals surface area (Å²) in [5, 5.41) is 0. The molecule has 0 spiro atoms. The Morgan fingerprint density at radius 2 is 1.43 bits per heavy atom. The van der Waals surface area contributed by atoms with Crippen LogP contribution in [0.2, 0.25) is 0 Å². The maximum Gasteiger partial charge on any atom is 0.469 e. The van der Waals surface area contributed by atoms with E-state index in [2.05, 4.69) is 71.9 Å². The minimum atomic E-state index is -0.295. The standard InChI is InChI=1S/C18H27BO2/c1-8-9-16(15-11-13(2)10-14(3)12-15)19-20-17(4,5)18(6,7)21-19/h8-12,16H,1-7H3/b9-8-. The highest BCUT2D eigenvalue weighted by molar-refractivity contribution is 6.48. The largest absolute Gasteiger partial charge is 0.469 e. The fraction of sp³-hybridized carbons (Fsp3) is 0.556. The second-order valence-corrected chi connectivity index (χ2v) is 7.10. The van der Waals surface area contributed by atoms with Gasteiger partial charge in [0.25, 0.3) is 0 Å². The smallest absolute Gasteiger partial charge is 0.403 e. The van der Waals surface area contributed by atoms with Crippen molar-refractivity contribution < 1.29 is 9.31 Å². The molecule has 1 unspecified atom stereocenters. The summed E-state index contributed by atoms with van der Waals surface area (Å²) in [7, 11) is -0.243. The highest BCUT2D eigenvalue weighted by Crippen LogP contribution is 2.41. The zero-order valence-corrected chi connectivity index (χ0v) is 14.4. The Kier molecular flexibility index (Phi) is 4.37. The van der Waals surface area contributed by atoms with E-state index in [0.29, 0.717) is 0 Å². The van der Waals surface area contributed by atoms with Crippen molar-refractivity contribution in [2.24, 2.45) is 0 Å². The first-order chi connectivity index (χ1) is 9.66. The number of allylic oxidation sites excluding steroid dienone is 2. The summed E-state index contributed by atoms with van der Waals surface area (Å²) in [5.41, 5.74) is 3.21. The number of aryl methyl sites for hydroxylation is 2. The summed E-state index contributed by atoms with van der Waals surface area (Å²) in [6.45, 7) is 14.7. The maximum atomic E-state index is 6.24. The highest BCUT2D eigenvalue weighted by Gasteiger charge is 2.53. The van der Waals surface area contributed by atoms with Crippen LogP contribution in [-0.4, -0.2) is 18.3 Å². The second kappa shape index (κ2) is 5.62. The summed E-state index contributed by atoms with van der Waals surface area (Å²) >= 11 is 0. The van der Waals surface area contributed by atoms with Gasteiger partial charge in [-0.3, -0.25) is 0 Å². The van der Waals surface area contributed by atoms with Gasteiger partial charge in [-0.2, -0.15) is 0 Å². The summed E-state index contributed by atoms with van der Waals surface area (Å²) in [6, 6.07) is 6.64. The number of rotatable bonds is 3. The Morgan fingerprint density at radius 1 is 0.952 bits per heavy atom. The molecule has 1 aliphatic heterocycles. The SMILES string of the molecule is C/C=C\C(B1OC(C)(C)C(C)(C)O1)c1cc(C)cc(C)c1. The third kappa shape index (κ3) is 3.24. The van der Waals surface area contributed by atoms with E-state index < -0.39 is 0 Å². The van der Waals surface area contributed by atoms with Crippen LogP contribution < -0.4 is 0 Å². The van der Waals surface area contributed by atoms with Gasteiger partial charge in [-0.15, -0.1) is 0 Å². The van der Waals surface area contributed by atoms with Gasteiger partial charge < -0.3 is 9.31 Å². The minimum absolute atomic E-state index is 0.120. The van der Waals surface area contributed by atoms with E-state index in [4.69, 9.17) is 9.31 Å². The van der Waals surface area contributed by atoms with Crippen LogP contribution in [0.5, 0.6) is 0 Å². The lowest BCUT2D eigenvalue weighted by Crippen LogP contribution is -2.41. The summed E-state index contributed by atoms with van der Waals surface area (Å²) < 4.78 is 12.5. The Hall–Kier alpha value is -1.06. The Labute approximate surface area is 129 Å². The molecule has 0 N–H and O–H groups in total. The van der Waals surface area contributed by atoms with E-state index in [1.165, 1.54) is 16.7 Å². The lowest BCUT2D eigenvalue weighted by Gasteiger charge is -2.32. The summed E-state index contributed by atoms with van der Waals surface area (Å²) in [5.74, 6) is 0.120. The van der Waals surface area contributed by atoms with Gasteiger partial charge in [-0.25, -0.2) is 0 Å². The Bertz CT molecular complexity index is 510. The molecule has 1 saturated heterocycles. The van der Waals surface area contributed by atoms with Crippen molar-refractivity contribution in [2.75, 3.05) is 0 Å². The van der Waals surface area contributed by atoms with Crippen molar-refractivity contribution in [3.8, 4) is 0 Å². The first-order valence-electron chi connectivity index (χ1n) is 7.73. The van der Waals surface area contributed by atoms with Gasteiger partial charge in [-0.05, 0) is 54.0 Å². The minimum Gasteiger partial charge on any atom is -0.403 e. The molecule has 0 bridgehead atoms. The van der Waals surface area contributed by atoms with E-state index >= 15 is 0 Å². The molecular formula is C18H27BO2. The second-order valence-electron chi connectivity index (χ2n) is 7.10. The lowest BCUT2D eigenvalue weighted by molar-refractivity contribution is 0.00578. The van der Waals surface area contributed by atoms with Gasteiger partial charge in [0.15, 0.2) is 0 Å². The van der Waals surface area contributed by atoms with Crippen molar-refractivity contribution in [3.05, 3.63) is 47.0 Å². The molecule has 1 aromatic carbocycles. The zero-order valence-electron chi connectivity index (χ0n) is 14.4. The quantitative estimate of drug-likeness (QED) is 0.597. The summed E-state index contributed by atoms with van der Waals surface area (Å²) in [4.78, 5) is 0. The fourth-order valence-corrected chi connectivity index (χ4v) is 2.80. The van der Waals surface area contributed by atoms with Crippen molar-refractivity contribution >= 4 is 7.12 Å². The predicted molar refractivity (Wildman–Crippen MR) is 89.6 cm³/mol. The van der Waals surface area contributed by atoms with Crippen LogP contribution in [0.4, 0.5) is 0 Å². The van der Waals surface area contributed by atoms with Crippen LogP contribution in [0.1, 0.15) is 57.1 Å². The van der Waals surface area contributed by atoms with Crippen LogP contribution in [0, 0.1) is 13.8 Å². The molecule has 1 heterocycles. The molecule has 1 aliphatic rings. The number of benzene rings is 1. The average Bonchev–Trinajstić information content (AvgIpc) is 2.53. The van der Waals surface area contributed by atoms with Crippen LogP contribution in [0.25, 0.3) is 0 Å². The third-order valence-corrected chi connectivity index (χ3v) is 4.59. The van der Waals surface area contributed by atoms with E-state index in [1.807, 2.05) is 6.92 Å². The molecular weight excluding hydrogens is 259 g/mol. The zero-order chi connectivity index (χ0) is 15.8. The van der Waals surface area contributed by atoms with Crippen molar-refractivity contribution in [3.63, 3.8) is 0 Å². The molecule has 0 aromatic heterocycles. The van der Waals surface area contributed by atoms with Gasteiger partial charge in [0.1, 0.15) is 0 Å². The molecule has 1 fully saturated rings. The van der Waals surface area contributed by atoms with Crippen LogP contribution in [0.3, 0.4) is 0 Å². The molecule has 0 saturated carbocycles. The first-order valence-corrected chi connectivity index (χ1v) is 7.73. The molecule has 1 atom stereocenters. The Morgan fingerprint density at radius 3 is 1.86 bits per heavy atom. The molecule has 2 nitrogen and oxygen atoms in total. The van der Waals surface area contributed by atoms with Crippen molar-refractivity contribution in [1.82, 2.24) is 0 Å². The van der Waals surface area contributed by atoms with Gasteiger partial charge >= 0.3 is 7.12 Å². The molecule has 21 heavy (non-hydrogen) atoms. The van der Waals surface area contributed by atoms with Crippen LogP contribution in [0.15, 0.2) is 30.4 Å². The highest BCUT2D eigenvalue weighted by atomic mass is 16.7. The van der Waals surface area contributed by atoms with E-state index in [9.17, 15) is 0 Å². The third-order valence-electron chi connectivity index (χ3n) is 4.59. The lowest BCUT2D eigenvalue weighted by atomic mass is 9.67. The van der Waals surface area contributed by atoms with Crippen LogP contribution in [-0.2, 0) is 9.31 Å². The topological polar surface area (TPSA) is 18.5 Å². The molecule has 0 radical (unpaired) electrons. The van der Waals surface area contributed by atoms with Crippen molar-refractivity contribution in [2.45, 2.75) is 65.5 Å². The monoisotopic (exact) mass is 286 g/mol. The molecule has 2 rings (SSSR count). The van der Waals surface area contributed by atoms with Gasteiger partial charge in [-0.1, -0.05) is 41.5 Å².